The van der Waals surface area contributed by atoms with Crippen molar-refractivity contribution in [3.63, 3.8) is 0 Å². The highest BCUT2D eigenvalue weighted by atomic mass is 35.5. The largest absolute Gasteiger partial charge is 0.381 e. The van der Waals surface area contributed by atoms with Crippen LogP contribution in [0.15, 0.2) is 36.4 Å². The van der Waals surface area contributed by atoms with Gasteiger partial charge in [0, 0.05) is 24.8 Å². The van der Waals surface area contributed by atoms with E-state index in [1.807, 2.05) is 0 Å². The van der Waals surface area contributed by atoms with Gasteiger partial charge >= 0.3 is 0 Å². The third-order valence-corrected chi connectivity index (χ3v) is 3.26. The van der Waals surface area contributed by atoms with Crippen molar-refractivity contribution in [1.82, 2.24) is 5.32 Å². The zero-order chi connectivity index (χ0) is 15.4. The Morgan fingerprint density at radius 2 is 1.95 bits per heavy atom. The summed E-state index contributed by atoms with van der Waals surface area (Å²) in [6.45, 7) is 0.0956. The van der Waals surface area contributed by atoms with Gasteiger partial charge in [0.05, 0.1) is 10.6 Å². The minimum Gasteiger partial charge on any atom is -0.381 e. The van der Waals surface area contributed by atoms with Crippen LogP contribution in [-0.2, 0) is 6.54 Å². The minimum atomic E-state index is -0.504. The molecule has 2 aromatic carbocycles. The maximum atomic E-state index is 13.5. The van der Waals surface area contributed by atoms with Crippen molar-refractivity contribution < 1.29 is 13.6 Å². The summed E-state index contributed by atoms with van der Waals surface area (Å²) in [5.74, 6) is -1.32. The van der Waals surface area contributed by atoms with Gasteiger partial charge in [-0.25, -0.2) is 8.78 Å². The lowest BCUT2D eigenvalue weighted by Crippen LogP contribution is -2.18. The van der Waals surface area contributed by atoms with Crippen molar-refractivity contribution in [2.75, 3.05) is 12.4 Å². The first-order chi connectivity index (χ1) is 10.0. The molecule has 2 N–H and O–H groups in total. The number of anilines is 1. The molecule has 0 fully saturated rings. The summed E-state index contributed by atoms with van der Waals surface area (Å²) in [4.78, 5) is 11.6. The standard InChI is InChI=1S/C15H13ClF2N2O/c1-19-15(21)12-7-11(3-4-13(12)16)20-8-9-6-10(17)2-5-14(9)18/h2-7,20H,8H2,1H3,(H,19,21). The van der Waals surface area contributed by atoms with Crippen LogP contribution in [0.2, 0.25) is 5.02 Å². The number of carbonyl (C=O) groups is 1. The van der Waals surface area contributed by atoms with E-state index in [-0.39, 0.29) is 18.0 Å². The number of nitrogens with one attached hydrogen (secondary N) is 2. The third-order valence-electron chi connectivity index (χ3n) is 2.93. The van der Waals surface area contributed by atoms with E-state index in [1.165, 1.54) is 7.05 Å². The number of hydrogen-bond acceptors (Lipinski definition) is 2. The Morgan fingerprint density at radius 3 is 2.67 bits per heavy atom. The van der Waals surface area contributed by atoms with E-state index >= 15 is 0 Å². The lowest BCUT2D eigenvalue weighted by Gasteiger charge is -2.10. The fourth-order valence-electron chi connectivity index (χ4n) is 1.82. The van der Waals surface area contributed by atoms with Crippen molar-refractivity contribution in [3.05, 3.63) is 64.2 Å². The fourth-order valence-corrected chi connectivity index (χ4v) is 2.02. The van der Waals surface area contributed by atoms with Crippen molar-refractivity contribution in [3.8, 4) is 0 Å². The van der Waals surface area contributed by atoms with Gasteiger partial charge in [0.25, 0.3) is 5.91 Å². The van der Waals surface area contributed by atoms with Gasteiger partial charge in [-0.05, 0) is 36.4 Å². The molecule has 0 radical (unpaired) electrons. The molecule has 0 saturated carbocycles. The van der Waals surface area contributed by atoms with Crippen LogP contribution in [0.3, 0.4) is 0 Å². The highest BCUT2D eigenvalue weighted by Crippen LogP contribution is 2.21. The Labute approximate surface area is 125 Å². The molecule has 0 atom stereocenters. The normalized spacial score (nSPS) is 10.3. The summed E-state index contributed by atoms with van der Waals surface area (Å²) < 4.78 is 26.6. The molecule has 0 bridgehead atoms. The molecule has 110 valence electrons. The molecular weight excluding hydrogens is 298 g/mol. The van der Waals surface area contributed by atoms with Crippen molar-refractivity contribution >= 4 is 23.2 Å². The maximum Gasteiger partial charge on any atom is 0.252 e. The second-order valence-electron chi connectivity index (χ2n) is 4.36. The smallest absolute Gasteiger partial charge is 0.252 e. The Morgan fingerprint density at radius 1 is 1.19 bits per heavy atom. The van der Waals surface area contributed by atoms with Crippen LogP contribution in [0.1, 0.15) is 15.9 Å². The number of amides is 1. The van der Waals surface area contributed by atoms with Gasteiger partial charge in [0.1, 0.15) is 11.6 Å². The summed E-state index contributed by atoms with van der Waals surface area (Å²) in [7, 11) is 1.50. The van der Waals surface area contributed by atoms with E-state index in [9.17, 15) is 13.6 Å². The minimum absolute atomic E-state index is 0.0956. The van der Waals surface area contributed by atoms with Gasteiger partial charge < -0.3 is 10.6 Å². The molecule has 21 heavy (non-hydrogen) atoms. The van der Waals surface area contributed by atoms with Gasteiger partial charge in [0.2, 0.25) is 0 Å². The molecule has 0 heterocycles. The molecule has 0 aromatic heterocycles. The van der Waals surface area contributed by atoms with Crippen molar-refractivity contribution in [2.24, 2.45) is 0 Å². The monoisotopic (exact) mass is 310 g/mol. The van der Waals surface area contributed by atoms with Crippen LogP contribution >= 0.6 is 11.6 Å². The number of rotatable bonds is 4. The molecule has 0 aliphatic carbocycles. The van der Waals surface area contributed by atoms with Crippen LogP contribution in [0, 0.1) is 11.6 Å². The molecule has 0 spiro atoms. The second kappa shape index (κ2) is 6.54. The molecule has 0 saturated heterocycles. The first-order valence-corrected chi connectivity index (χ1v) is 6.58. The Kier molecular flexibility index (Phi) is 4.75. The van der Waals surface area contributed by atoms with Crippen LogP contribution < -0.4 is 10.6 Å². The van der Waals surface area contributed by atoms with Crippen molar-refractivity contribution in [2.45, 2.75) is 6.54 Å². The molecule has 0 aliphatic heterocycles. The second-order valence-corrected chi connectivity index (χ2v) is 4.77. The van der Waals surface area contributed by atoms with E-state index < -0.39 is 11.6 Å². The summed E-state index contributed by atoms with van der Waals surface area (Å²) in [5.41, 5.74) is 1.09. The summed E-state index contributed by atoms with van der Waals surface area (Å²) in [5, 5.41) is 5.73. The number of carbonyl (C=O) groups excluding carboxylic acids is 1. The topological polar surface area (TPSA) is 41.1 Å². The van der Waals surface area contributed by atoms with Crippen molar-refractivity contribution in [1.29, 1.82) is 0 Å². The Balaban J connectivity index is 2.17. The van der Waals surface area contributed by atoms with Gasteiger partial charge in [-0.2, -0.15) is 0 Å². The molecular formula is C15H13ClF2N2O. The SMILES string of the molecule is CNC(=O)c1cc(NCc2cc(F)ccc2F)ccc1Cl. The van der Waals surface area contributed by atoms with Crippen LogP contribution in [0.25, 0.3) is 0 Å². The highest BCUT2D eigenvalue weighted by molar-refractivity contribution is 6.34. The van der Waals surface area contributed by atoms with E-state index in [0.29, 0.717) is 16.3 Å². The zero-order valence-corrected chi connectivity index (χ0v) is 12.0. The van der Waals surface area contributed by atoms with Gasteiger partial charge in [-0.3, -0.25) is 4.79 Å². The predicted octanol–water partition coefficient (Wildman–Crippen LogP) is 3.59. The number of hydrogen-bond donors (Lipinski definition) is 2. The first-order valence-electron chi connectivity index (χ1n) is 6.20. The highest BCUT2D eigenvalue weighted by Gasteiger charge is 2.10. The van der Waals surface area contributed by atoms with Crippen LogP contribution in [-0.4, -0.2) is 13.0 Å². The maximum absolute atomic E-state index is 13.5. The third kappa shape index (κ3) is 3.70. The predicted molar refractivity (Wildman–Crippen MR) is 78.5 cm³/mol. The van der Waals surface area contributed by atoms with E-state index in [4.69, 9.17) is 11.6 Å². The Hall–Kier alpha value is -2.14. The molecule has 0 unspecified atom stereocenters. The van der Waals surface area contributed by atoms with Gasteiger partial charge in [-0.1, -0.05) is 11.6 Å². The average molecular weight is 311 g/mol. The van der Waals surface area contributed by atoms with Gasteiger partial charge in [0.15, 0.2) is 0 Å². The van der Waals surface area contributed by atoms with E-state index in [2.05, 4.69) is 10.6 Å². The summed E-state index contributed by atoms with van der Waals surface area (Å²) >= 11 is 5.93. The van der Waals surface area contributed by atoms with Crippen LogP contribution in [0.4, 0.5) is 14.5 Å². The van der Waals surface area contributed by atoms with Crippen LogP contribution in [0.5, 0.6) is 0 Å². The molecule has 2 aromatic rings. The first kappa shape index (κ1) is 15.3. The summed E-state index contributed by atoms with van der Waals surface area (Å²) in [6.07, 6.45) is 0. The lowest BCUT2D eigenvalue weighted by atomic mass is 10.1. The quantitative estimate of drug-likeness (QED) is 0.906. The fraction of sp³-hybridized carbons (Fsp3) is 0.133. The average Bonchev–Trinajstić information content (AvgIpc) is 2.48. The van der Waals surface area contributed by atoms with E-state index in [0.717, 1.165) is 18.2 Å². The zero-order valence-electron chi connectivity index (χ0n) is 11.2. The number of halogens is 3. The molecule has 2 rings (SSSR count). The van der Waals surface area contributed by atoms with E-state index in [1.54, 1.807) is 18.2 Å². The summed E-state index contributed by atoms with van der Waals surface area (Å²) in [6, 6.07) is 8.04. The number of benzene rings is 2. The molecule has 6 heteroatoms. The molecule has 3 nitrogen and oxygen atoms in total. The Bertz CT molecular complexity index is 677. The molecule has 1 amide bonds. The lowest BCUT2D eigenvalue weighted by molar-refractivity contribution is 0.0963. The molecule has 0 aliphatic rings. The van der Waals surface area contributed by atoms with Gasteiger partial charge in [-0.15, -0.1) is 0 Å².